The third kappa shape index (κ3) is 5.31. The highest BCUT2D eigenvalue weighted by atomic mass is 32.2. The van der Waals surface area contributed by atoms with Crippen molar-refractivity contribution in [2.45, 2.75) is 19.3 Å². The van der Waals surface area contributed by atoms with Crippen LogP contribution in [0.5, 0.6) is 5.75 Å². The lowest BCUT2D eigenvalue weighted by molar-refractivity contribution is -0.131. The Morgan fingerprint density at radius 1 is 0.955 bits per heavy atom. The number of hydrogen-bond acceptors (Lipinski definition) is 5. The van der Waals surface area contributed by atoms with E-state index in [1.165, 1.54) is 6.92 Å². The number of hydrogen-bond donors (Lipinski definition) is 0. The summed E-state index contributed by atoms with van der Waals surface area (Å²) in [5, 5.41) is 0. The van der Waals surface area contributed by atoms with Gasteiger partial charge in [-0.2, -0.15) is 8.42 Å². The van der Waals surface area contributed by atoms with E-state index in [0.29, 0.717) is 16.9 Å². The maximum atomic E-state index is 11.9. The van der Waals surface area contributed by atoms with Crippen molar-refractivity contribution in [2.24, 2.45) is 0 Å². The van der Waals surface area contributed by atoms with Crippen LogP contribution in [-0.2, 0) is 31.5 Å². The second kappa shape index (κ2) is 7.20. The van der Waals surface area contributed by atoms with E-state index in [0.717, 1.165) is 0 Å². The van der Waals surface area contributed by atoms with Gasteiger partial charge in [-0.15, -0.1) is 0 Å². The fourth-order valence-corrected chi connectivity index (χ4v) is 2.80. The predicted molar refractivity (Wildman–Crippen MR) is 81.6 cm³/mol. The second-order valence-electron chi connectivity index (χ2n) is 4.69. The second-order valence-corrected chi connectivity index (χ2v) is 6.33. The number of benzene rings is 2. The Hall–Kier alpha value is -2.18. The van der Waals surface area contributed by atoms with Crippen molar-refractivity contribution in [3.8, 4) is 5.75 Å². The molecule has 0 radical (unpaired) electrons. The fourth-order valence-electron chi connectivity index (χ4n) is 1.80. The molecule has 2 rings (SSSR count). The lowest BCUT2D eigenvalue weighted by Crippen LogP contribution is -2.09. The van der Waals surface area contributed by atoms with Gasteiger partial charge in [0, 0.05) is 6.92 Å². The highest BCUT2D eigenvalue weighted by Gasteiger charge is 2.12. The molecule has 116 valence electrons. The van der Waals surface area contributed by atoms with Crippen molar-refractivity contribution in [1.29, 1.82) is 0 Å². The molecule has 22 heavy (non-hydrogen) atoms. The molecular formula is C16H16O5S. The summed E-state index contributed by atoms with van der Waals surface area (Å²) >= 11 is 0. The minimum Gasteiger partial charge on any atom is -0.427 e. The molecule has 0 aliphatic rings. The summed E-state index contributed by atoms with van der Waals surface area (Å²) < 4.78 is 33.7. The number of carbonyl (C=O) groups is 1. The van der Waals surface area contributed by atoms with E-state index < -0.39 is 16.1 Å². The lowest BCUT2D eigenvalue weighted by Gasteiger charge is -2.07. The summed E-state index contributed by atoms with van der Waals surface area (Å²) in [6.45, 7) is 1.25. The van der Waals surface area contributed by atoms with Gasteiger partial charge in [0.2, 0.25) is 0 Å². The van der Waals surface area contributed by atoms with Crippen molar-refractivity contribution < 1.29 is 22.1 Å². The topological polar surface area (TPSA) is 69.7 Å². The molecule has 0 aromatic heterocycles. The van der Waals surface area contributed by atoms with Crippen molar-refractivity contribution in [3.63, 3.8) is 0 Å². The molecule has 0 saturated heterocycles. The Labute approximate surface area is 129 Å². The van der Waals surface area contributed by atoms with Crippen LogP contribution in [0.3, 0.4) is 0 Å². The fraction of sp³-hybridized carbons (Fsp3) is 0.188. The van der Waals surface area contributed by atoms with E-state index in [9.17, 15) is 13.2 Å². The Bertz CT molecular complexity index is 721. The zero-order chi connectivity index (χ0) is 16.0. The molecule has 0 aliphatic carbocycles. The van der Waals surface area contributed by atoms with Crippen LogP contribution in [0.1, 0.15) is 18.1 Å². The van der Waals surface area contributed by atoms with Gasteiger partial charge in [0.05, 0.1) is 6.61 Å². The SMILES string of the molecule is CC(=O)Oc1ccc(COS(=O)(=O)Cc2ccccc2)cc1. The van der Waals surface area contributed by atoms with Crippen molar-refractivity contribution in [2.75, 3.05) is 0 Å². The normalized spacial score (nSPS) is 11.1. The maximum Gasteiger partial charge on any atom is 0.308 e. The van der Waals surface area contributed by atoms with E-state index in [2.05, 4.69) is 0 Å². The molecule has 0 saturated carbocycles. The third-order valence-corrected chi connectivity index (χ3v) is 3.94. The largest absolute Gasteiger partial charge is 0.427 e. The van der Waals surface area contributed by atoms with E-state index in [-0.39, 0.29) is 12.4 Å². The molecule has 2 aromatic rings. The Morgan fingerprint density at radius 2 is 1.59 bits per heavy atom. The molecule has 0 spiro atoms. The molecule has 0 unspecified atom stereocenters. The molecule has 0 aliphatic heterocycles. The molecule has 5 nitrogen and oxygen atoms in total. The van der Waals surface area contributed by atoms with E-state index >= 15 is 0 Å². The number of rotatable bonds is 6. The van der Waals surface area contributed by atoms with Crippen LogP contribution in [0.25, 0.3) is 0 Å². The number of ether oxygens (including phenoxy) is 1. The molecule has 0 N–H and O–H groups in total. The summed E-state index contributed by atoms with van der Waals surface area (Å²) in [7, 11) is -3.65. The zero-order valence-electron chi connectivity index (χ0n) is 12.1. The molecule has 2 aromatic carbocycles. The Morgan fingerprint density at radius 3 is 2.18 bits per heavy atom. The smallest absolute Gasteiger partial charge is 0.308 e. The van der Waals surface area contributed by atoms with Crippen LogP contribution in [0.15, 0.2) is 54.6 Å². The first-order valence-electron chi connectivity index (χ1n) is 6.63. The number of esters is 1. The molecule has 6 heteroatoms. The summed E-state index contributed by atoms with van der Waals surface area (Å²) in [4.78, 5) is 10.8. The highest BCUT2D eigenvalue weighted by molar-refractivity contribution is 7.85. The van der Waals surface area contributed by atoms with Crippen LogP contribution >= 0.6 is 0 Å². The van der Waals surface area contributed by atoms with E-state index in [1.807, 2.05) is 6.07 Å². The van der Waals surface area contributed by atoms with E-state index in [4.69, 9.17) is 8.92 Å². The van der Waals surface area contributed by atoms with Crippen molar-refractivity contribution >= 4 is 16.1 Å². The van der Waals surface area contributed by atoms with Crippen LogP contribution in [0, 0.1) is 0 Å². The first-order valence-corrected chi connectivity index (χ1v) is 8.21. The molecule has 0 bridgehead atoms. The molecule has 0 amide bonds. The zero-order valence-corrected chi connectivity index (χ0v) is 12.9. The first-order chi connectivity index (χ1) is 10.4. The molecule has 0 heterocycles. The standard InChI is InChI=1S/C16H16O5S/c1-13(17)21-16-9-7-14(8-10-16)11-20-22(18,19)12-15-5-3-2-4-6-15/h2-10H,11-12H2,1H3. The van der Waals surface area contributed by atoms with Crippen LogP contribution in [0.2, 0.25) is 0 Å². The Kier molecular flexibility index (Phi) is 5.30. The highest BCUT2D eigenvalue weighted by Crippen LogP contribution is 2.15. The van der Waals surface area contributed by atoms with Gasteiger partial charge in [0.1, 0.15) is 11.5 Å². The summed E-state index contributed by atoms with van der Waals surface area (Å²) in [6.07, 6.45) is 0. The van der Waals surface area contributed by atoms with Crippen LogP contribution in [-0.4, -0.2) is 14.4 Å². The lowest BCUT2D eigenvalue weighted by atomic mass is 10.2. The molecule has 0 atom stereocenters. The monoisotopic (exact) mass is 320 g/mol. The van der Waals surface area contributed by atoms with Gasteiger partial charge >= 0.3 is 5.97 Å². The van der Waals surface area contributed by atoms with Gasteiger partial charge in [-0.25, -0.2) is 0 Å². The van der Waals surface area contributed by atoms with Gasteiger partial charge in [0.15, 0.2) is 0 Å². The van der Waals surface area contributed by atoms with Crippen LogP contribution < -0.4 is 4.74 Å². The summed E-state index contributed by atoms with van der Waals surface area (Å²) in [5.74, 6) is -0.169. The van der Waals surface area contributed by atoms with Gasteiger partial charge < -0.3 is 4.74 Å². The summed E-state index contributed by atoms with van der Waals surface area (Å²) in [6, 6.07) is 15.3. The van der Waals surface area contributed by atoms with Gasteiger partial charge in [0.25, 0.3) is 10.1 Å². The van der Waals surface area contributed by atoms with Crippen molar-refractivity contribution in [3.05, 3.63) is 65.7 Å². The third-order valence-electron chi connectivity index (χ3n) is 2.78. The Balaban J connectivity index is 1.93. The maximum absolute atomic E-state index is 11.9. The molecular weight excluding hydrogens is 304 g/mol. The van der Waals surface area contributed by atoms with Gasteiger partial charge in [-0.1, -0.05) is 42.5 Å². The van der Waals surface area contributed by atoms with Gasteiger partial charge in [-0.05, 0) is 23.3 Å². The molecule has 0 fully saturated rings. The van der Waals surface area contributed by atoms with E-state index in [1.54, 1.807) is 48.5 Å². The minimum atomic E-state index is -3.65. The van der Waals surface area contributed by atoms with Crippen LogP contribution in [0.4, 0.5) is 0 Å². The number of carbonyl (C=O) groups excluding carboxylic acids is 1. The average Bonchev–Trinajstić information content (AvgIpc) is 2.47. The van der Waals surface area contributed by atoms with Crippen molar-refractivity contribution in [1.82, 2.24) is 0 Å². The van der Waals surface area contributed by atoms with Gasteiger partial charge in [-0.3, -0.25) is 8.98 Å². The quantitative estimate of drug-likeness (QED) is 0.465. The average molecular weight is 320 g/mol. The predicted octanol–water partition coefficient (Wildman–Crippen LogP) is 2.66. The summed E-state index contributed by atoms with van der Waals surface area (Å²) in [5.41, 5.74) is 1.35. The minimum absolute atomic E-state index is 0.0600. The first kappa shape index (κ1) is 16.2.